The molecule has 41 heavy (non-hydrogen) atoms. The second kappa shape index (κ2) is 12.2. The highest BCUT2D eigenvalue weighted by molar-refractivity contribution is 5.96. The van der Waals surface area contributed by atoms with E-state index in [4.69, 9.17) is 9.47 Å². The van der Waals surface area contributed by atoms with Crippen LogP contribution in [0.2, 0.25) is 0 Å². The monoisotopic (exact) mass is 553 g/mol. The van der Waals surface area contributed by atoms with Crippen molar-refractivity contribution in [1.82, 2.24) is 35.4 Å². The fourth-order valence-electron chi connectivity index (χ4n) is 4.85. The van der Waals surface area contributed by atoms with Gasteiger partial charge in [-0.2, -0.15) is 5.10 Å². The van der Waals surface area contributed by atoms with Gasteiger partial charge in [-0.3, -0.25) is 14.9 Å². The summed E-state index contributed by atoms with van der Waals surface area (Å²) in [5.74, 6) is 1.72. The van der Waals surface area contributed by atoms with Crippen LogP contribution in [-0.2, 0) is 13.0 Å². The van der Waals surface area contributed by atoms with Crippen molar-refractivity contribution in [3.8, 4) is 34.1 Å². The van der Waals surface area contributed by atoms with Crippen LogP contribution in [-0.4, -0.2) is 70.3 Å². The van der Waals surface area contributed by atoms with Crippen molar-refractivity contribution < 1.29 is 14.3 Å². The van der Waals surface area contributed by atoms with Crippen molar-refractivity contribution in [3.05, 3.63) is 77.4 Å². The molecule has 10 heteroatoms. The molecule has 0 spiro atoms. The number of hydrogen-bond donors (Lipinski definition) is 3. The zero-order chi connectivity index (χ0) is 28.9. The first-order valence-corrected chi connectivity index (χ1v) is 13.6. The third kappa shape index (κ3) is 5.78. The number of amides is 1. The normalized spacial score (nSPS) is 11.1. The average Bonchev–Trinajstić information content (AvgIpc) is 3.66. The number of carbonyl (C=O) groups is 1. The fraction of sp³-hybridized carbons (Fsp3) is 0.290. The Kier molecular flexibility index (Phi) is 8.30. The van der Waals surface area contributed by atoms with Crippen LogP contribution in [0.3, 0.4) is 0 Å². The maximum absolute atomic E-state index is 13.2. The molecule has 0 aliphatic heterocycles. The minimum absolute atomic E-state index is 0.149. The summed E-state index contributed by atoms with van der Waals surface area (Å²) in [6.45, 7) is 6.41. The van der Waals surface area contributed by atoms with E-state index in [1.165, 1.54) is 11.1 Å². The van der Waals surface area contributed by atoms with E-state index >= 15 is 0 Å². The maximum atomic E-state index is 13.2. The smallest absolute Gasteiger partial charge is 0.271 e. The van der Waals surface area contributed by atoms with Crippen molar-refractivity contribution >= 4 is 16.8 Å². The number of nitrogens with zero attached hydrogens (tertiary/aromatic N) is 4. The third-order valence-corrected chi connectivity index (χ3v) is 7.32. The summed E-state index contributed by atoms with van der Waals surface area (Å²) < 4.78 is 10.7. The van der Waals surface area contributed by atoms with Gasteiger partial charge in [0.25, 0.3) is 5.91 Å². The minimum atomic E-state index is -0.149. The van der Waals surface area contributed by atoms with E-state index in [0.29, 0.717) is 41.7 Å². The van der Waals surface area contributed by atoms with E-state index in [0.717, 1.165) is 40.7 Å². The molecule has 212 valence electrons. The Hall–Kier alpha value is -4.70. The lowest BCUT2D eigenvalue weighted by atomic mass is 9.98. The number of imidazole rings is 1. The van der Waals surface area contributed by atoms with Crippen molar-refractivity contribution in [1.29, 1.82) is 0 Å². The molecule has 0 fully saturated rings. The number of fused-ring (bicyclic) bond motifs is 1. The topological polar surface area (TPSA) is 121 Å². The largest absolute Gasteiger partial charge is 0.493 e. The van der Waals surface area contributed by atoms with E-state index in [9.17, 15) is 4.79 Å². The summed E-state index contributed by atoms with van der Waals surface area (Å²) in [5, 5.41) is 11.9. The van der Waals surface area contributed by atoms with Gasteiger partial charge in [-0.15, -0.1) is 0 Å². The number of H-pyrrole nitrogens is 2. The van der Waals surface area contributed by atoms with Gasteiger partial charge in [0.15, 0.2) is 17.3 Å². The molecule has 0 aliphatic carbocycles. The number of likely N-dealkylation sites (N-methyl/N-ethyl adjacent to an activating group) is 1. The SMILES string of the molecule is CCNCc1cncc(-c2ccc3[nH]nc(-c4ncc(C(=O)N(C)CCc5ccc(OC)c(OC)c5)[nH]4)c3c2)c1C. The zero-order valence-corrected chi connectivity index (χ0v) is 24.0. The van der Waals surface area contributed by atoms with E-state index in [2.05, 4.69) is 56.4 Å². The molecule has 3 N–H and O–H groups in total. The van der Waals surface area contributed by atoms with Gasteiger partial charge in [-0.25, -0.2) is 4.98 Å². The van der Waals surface area contributed by atoms with Crippen LogP contribution in [0.15, 0.2) is 55.0 Å². The Morgan fingerprint density at radius 2 is 1.88 bits per heavy atom. The molecular weight excluding hydrogens is 518 g/mol. The molecule has 0 bridgehead atoms. The number of rotatable bonds is 11. The van der Waals surface area contributed by atoms with Gasteiger partial charge in [-0.05, 0) is 66.4 Å². The van der Waals surface area contributed by atoms with Gasteiger partial charge in [-0.1, -0.05) is 19.1 Å². The van der Waals surface area contributed by atoms with E-state index < -0.39 is 0 Å². The molecule has 0 atom stereocenters. The standard InChI is InChI=1S/C31H35N7O3/c1-6-32-15-22-16-33-17-24(19(22)2)21-8-9-25-23(14-21)29(37-36-25)30-34-18-26(35-30)31(39)38(3)12-11-20-7-10-27(40-4)28(13-20)41-5/h7-10,13-14,16-18,32H,6,11-12,15H2,1-5H3,(H,34,35)(H,36,37). The molecule has 3 aromatic heterocycles. The number of aromatic nitrogens is 5. The van der Waals surface area contributed by atoms with Crippen LogP contribution in [0.4, 0.5) is 0 Å². The second-order valence-electron chi connectivity index (χ2n) is 9.90. The molecule has 0 radical (unpaired) electrons. The molecule has 0 saturated heterocycles. The quantitative estimate of drug-likeness (QED) is 0.216. The van der Waals surface area contributed by atoms with Crippen LogP contribution in [0.25, 0.3) is 33.5 Å². The first kappa shape index (κ1) is 27.9. The molecule has 0 saturated carbocycles. The van der Waals surface area contributed by atoms with Gasteiger partial charge >= 0.3 is 0 Å². The highest BCUT2D eigenvalue weighted by Crippen LogP contribution is 2.32. The number of pyridine rings is 1. The summed E-state index contributed by atoms with van der Waals surface area (Å²) in [6.07, 6.45) is 6.04. The maximum Gasteiger partial charge on any atom is 0.271 e. The molecule has 10 nitrogen and oxygen atoms in total. The average molecular weight is 554 g/mol. The fourth-order valence-corrected chi connectivity index (χ4v) is 4.85. The van der Waals surface area contributed by atoms with Crippen molar-refractivity contribution in [2.24, 2.45) is 0 Å². The number of aromatic amines is 2. The van der Waals surface area contributed by atoms with Gasteiger partial charge in [0.1, 0.15) is 11.4 Å². The molecule has 1 amide bonds. The molecule has 0 unspecified atom stereocenters. The highest BCUT2D eigenvalue weighted by atomic mass is 16.5. The Bertz CT molecular complexity index is 1670. The third-order valence-electron chi connectivity index (χ3n) is 7.32. The van der Waals surface area contributed by atoms with Crippen molar-refractivity contribution in [2.45, 2.75) is 26.8 Å². The van der Waals surface area contributed by atoms with Crippen LogP contribution in [0, 0.1) is 6.92 Å². The summed E-state index contributed by atoms with van der Waals surface area (Å²) in [5.41, 5.74) is 7.45. The number of methoxy groups -OCH3 is 2. The van der Waals surface area contributed by atoms with E-state index in [-0.39, 0.29) is 5.91 Å². The Morgan fingerprint density at radius 1 is 1.05 bits per heavy atom. The zero-order valence-electron chi connectivity index (χ0n) is 24.0. The van der Waals surface area contributed by atoms with Gasteiger partial charge < -0.3 is 24.7 Å². The van der Waals surface area contributed by atoms with Crippen molar-refractivity contribution in [2.75, 3.05) is 34.4 Å². The predicted molar refractivity (Wildman–Crippen MR) is 159 cm³/mol. The number of hydrogen-bond acceptors (Lipinski definition) is 7. The van der Waals surface area contributed by atoms with E-state index in [1.807, 2.05) is 36.7 Å². The summed E-state index contributed by atoms with van der Waals surface area (Å²) in [6, 6.07) is 11.9. The molecule has 2 aromatic carbocycles. The Labute approximate surface area is 239 Å². The number of carbonyl (C=O) groups excluding carboxylic acids is 1. The lowest BCUT2D eigenvalue weighted by Crippen LogP contribution is -2.29. The number of ether oxygens (including phenoxy) is 2. The van der Waals surface area contributed by atoms with Crippen LogP contribution < -0.4 is 14.8 Å². The lowest BCUT2D eigenvalue weighted by molar-refractivity contribution is 0.0791. The second-order valence-corrected chi connectivity index (χ2v) is 9.90. The summed E-state index contributed by atoms with van der Waals surface area (Å²) in [4.78, 5) is 27.0. The van der Waals surface area contributed by atoms with Crippen LogP contribution >= 0.6 is 0 Å². The Morgan fingerprint density at radius 3 is 2.66 bits per heavy atom. The molecule has 5 aromatic rings. The number of benzene rings is 2. The van der Waals surface area contributed by atoms with Gasteiger partial charge in [0.05, 0.1) is 25.9 Å². The number of nitrogens with one attached hydrogen (secondary N) is 3. The molecule has 3 heterocycles. The summed E-state index contributed by atoms with van der Waals surface area (Å²) >= 11 is 0. The molecule has 0 aliphatic rings. The minimum Gasteiger partial charge on any atom is -0.493 e. The van der Waals surface area contributed by atoms with Gasteiger partial charge in [0, 0.05) is 43.5 Å². The van der Waals surface area contributed by atoms with Gasteiger partial charge in [0.2, 0.25) is 0 Å². The van der Waals surface area contributed by atoms with Crippen molar-refractivity contribution in [3.63, 3.8) is 0 Å². The lowest BCUT2D eigenvalue weighted by Gasteiger charge is -2.16. The van der Waals surface area contributed by atoms with Crippen LogP contribution in [0.5, 0.6) is 11.5 Å². The van der Waals surface area contributed by atoms with Crippen LogP contribution in [0.1, 0.15) is 34.1 Å². The summed E-state index contributed by atoms with van der Waals surface area (Å²) in [7, 11) is 5.00. The predicted octanol–water partition coefficient (Wildman–Crippen LogP) is 4.76. The highest BCUT2D eigenvalue weighted by Gasteiger charge is 2.19. The first-order valence-electron chi connectivity index (χ1n) is 13.6. The Balaban J connectivity index is 1.34. The first-order chi connectivity index (χ1) is 19.9. The molecule has 5 rings (SSSR count). The van der Waals surface area contributed by atoms with E-state index in [1.54, 1.807) is 32.4 Å². The molecular formula is C31H35N7O3.